The average molecular weight is 327 g/mol. The Bertz CT molecular complexity index is 953. The monoisotopic (exact) mass is 327 g/mol. The standard InChI is InChI=1S/C13H11N3O4S.Na/c1-8-5-6-11(17)10(7-8)16-14-9-3-2-4-12(13(9)15-16)21(18,19)20;/h2-7,17H,1H3,(H,18,19,20);/q;+1/p-1. The van der Waals surface area contributed by atoms with Gasteiger partial charge in [-0.25, -0.2) is 8.42 Å². The number of rotatable bonds is 2. The second kappa shape index (κ2) is 5.98. The van der Waals surface area contributed by atoms with Gasteiger partial charge in [0.05, 0.1) is 4.90 Å². The minimum Gasteiger partial charge on any atom is -0.744 e. The van der Waals surface area contributed by atoms with Crippen molar-refractivity contribution >= 4 is 21.2 Å². The molecule has 0 radical (unpaired) electrons. The van der Waals surface area contributed by atoms with Crippen molar-refractivity contribution < 1.29 is 47.6 Å². The predicted octanol–water partition coefficient (Wildman–Crippen LogP) is -1.66. The number of aromatic nitrogens is 3. The first-order valence-electron chi connectivity index (χ1n) is 5.98. The molecule has 0 aliphatic rings. The number of fused-ring (bicyclic) bond motifs is 1. The van der Waals surface area contributed by atoms with Crippen LogP contribution in [0.3, 0.4) is 0 Å². The first kappa shape index (κ1) is 16.9. The van der Waals surface area contributed by atoms with Gasteiger partial charge in [-0.15, -0.1) is 15.0 Å². The van der Waals surface area contributed by atoms with Gasteiger partial charge in [0.15, 0.2) is 0 Å². The molecule has 0 amide bonds. The largest absolute Gasteiger partial charge is 1.00 e. The van der Waals surface area contributed by atoms with Crippen LogP contribution in [0.5, 0.6) is 5.75 Å². The van der Waals surface area contributed by atoms with Crippen molar-refractivity contribution in [3.05, 3.63) is 42.0 Å². The zero-order valence-corrected chi connectivity index (χ0v) is 14.7. The number of phenolic OH excluding ortho intramolecular Hbond substituents is 1. The van der Waals surface area contributed by atoms with Crippen LogP contribution in [0.1, 0.15) is 5.56 Å². The molecule has 0 fully saturated rings. The third-order valence-corrected chi connectivity index (χ3v) is 3.86. The maximum atomic E-state index is 11.2. The van der Waals surface area contributed by atoms with E-state index in [1.54, 1.807) is 18.2 Å². The molecular weight excluding hydrogens is 317 g/mol. The van der Waals surface area contributed by atoms with E-state index in [4.69, 9.17) is 0 Å². The second-order valence-corrected chi connectivity index (χ2v) is 5.91. The Morgan fingerprint density at radius 3 is 2.59 bits per heavy atom. The number of nitrogens with zero attached hydrogens (tertiary/aromatic N) is 3. The minimum atomic E-state index is -4.64. The number of aromatic hydroxyl groups is 1. The first-order valence-corrected chi connectivity index (χ1v) is 7.39. The maximum Gasteiger partial charge on any atom is 1.00 e. The second-order valence-electron chi connectivity index (χ2n) is 4.56. The predicted molar refractivity (Wildman–Crippen MR) is 73.2 cm³/mol. The molecule has 0 saturated heterocycles. The first-order chi connectivity index (χ1) is 9.86. The van der Waals surface area contributed by atoms with E-state index in [1.807, 2.05) is 6.92 Å². The Morgan fingerprint density at radius 1 is 1.18 bits per heavy atom. The molecule has 7 nitrogen and oxygen atoms in total. The SMILES string of the molecule is Cc1ccc(O)c(-n2nc3cccc(S(=O)(=O)[O-])c3n2)c1.[Na+]. The van der Waals surface area contributed by atoms with Gasteiger partial charge in [0.1, 0.15) is 32.6 Å². The molecule has 1 N–H and O–H groups in total. The molecule has 0 aliphatic carbocycles. The normalized spacial score (nSPS) is 11.4. The van der Waals surface area contributed by atoms with E-state index >= 15 is 0 Å². The zero-order valence-electron chi connectivity index (χ0n) is 11.9. The third kappa shape index (κ3) is 3.01. The zero-order chi connectivity index (χ0) is 15.2. The molecular formula is C13H10N3NaO4S. The molecule has 0 aliphatic heterocycles. The summed E-state index contributed by atoms with van der Waals surface area (Å²) < 4.78 is 33.7. The Balaban J connectivity index is 0.00000176. The molecule has 0 spiro atoms. The Morgan fingerprint density at radius 2 is 1.91 bits per heavy atom. The summed E-state index contributed by atoms with van der Waals surface area (Å²) in [5, 5.41) is 18.0. The van der Waals surface area contributed by atoms with E-state index in [0.717, 1.165) is 10.4 Å². The summed E-state index contributed by atoms with van der Waals surface area (Å²) in [6.45, 7) is 1.83. The van der Waals surface area contributed by atoms with Crippen molar-refractivity contribution in [2.75, 3.05) is 0 Å². The van der Waals surface area contributed by atoms with Gasteiger partial charge in [0, 0.05) is 0 Å². The summed E-state index contributed by atoms with van der Waals surface area (Å²) in [6, 6.07) is 9.00. The quantitative estimate of drug-likeness (QED) is 0.446. The van der Waals surface area contributed by atoms with E-state index in [2.05, 4.69) is 10.2 Å². The number of hydrogen-bond donors (Lipinski definition) is 1. The van der Waals surface area contributed by atoms with Crippen LogP contribution in [0, 0.1) is 6.92 Å². The van der Waals surface area contributed by atoms with Gasteiger partial charge in [-0.1, -0.05) is 12.1 Å². The van der Waals surface area contributed by atoms with Gasteiger partial charge in [-0.3, -0.25) is 0 Å². The molecule has 2 aromatic carbocycles. The summed E-state index contributed by atoms with van der Waals surface area (Å²) in [5.41, 5.74) is 1.42. The maximum absolute atomic E-state index is 11.2. The molecule has 108 valence electrons. The molecule has 0 bridgehead atoms. The van der Waals surface area contributed by atoms with E-state index in [1.165, 1.54) is 18.2 Å². The summed E-state index contributed by atoms with van der Waals surface area (Å²) >= 11 is 0. The Kier molecular flexibility index (Phi) is 4.59. The van der Waals surface area contributed by atoms with Crippen LogP contribution >= 0.6 is 0 Å². The van der Waals surface area contributed by atoms with E-state index < -0.39 is 15.0 Å². The van der Waals surface area contributed by atoms with Gasteiger partial charge in [0.2, 0.25) is 0 Å². The van der Waals surface area contributed by atoms with Crippen LogP contribution in [-0.2, 0) is 10.1 Å². The number of aryl methyl sites for hydroxylation is 1. The fourth-order valence-electron chi connectivity index (χ4n) is 2.01. The van der Waals surface area contributed by atoms with Crippen LogP contribution in [0.4, 0.5) is 0 Å². The van der Waals surface area contributed by atoms with E-state index in [9.17, 15) is 18.1 Å². The van der Waals surface area contributed by atoms with Crippen molar-refractivity contribution in [1.29, 1.82) is 0 Å². The Hall–Kier alpha value is -1.45. The van der Waals surface area contributed by atoms with Gasteiger partial charge < -0.3 is 9.66 Å². The van der Waals surface area contributed by atoms with Gasteiger partial charge in [-0.05, 0) is 36.8 Å². The van der Waals surface area contributed by atoms with Crippen molar-refractivity contribution in [2.24, 2.45) is 0 Å². The van der Waals surface area contributed by atoms with Crippen LogP contribution in [0.2, 0.25) is 0 Å². The minimum absolute atomic E-state index is 0. The van der Waals surface area contributed by atoms with E-state index in [0.29, 0.717) is 5.69 Å². The van der Waals surface area contributed by atoms with Gasteiger partial charge >= 0.3 is 29.6 Å². The van der Waals surface area contributed by atoms with Crippen LogP contribution in [-0.4, -0.2) is 33.1 Å². The molecule has 1 aromatic heterocycles. The molecule has 0 saturated carbocycles. The topological polar surface area (TPSA) is 108 Å². The molecule has 22 heavy (non-hydrogen) atoms. The fraction of sp³-hybridized carbons (Fsp3) is 0.0769. The number of benzene rings is 2. The Labute approximate surface area is 148 Å². The molecule has 1 heterocycles. The molecule has 0 atom stereocenters. The van der Waals surface area contributed by atoms with Gasteiger partial charge in [-0.2, -0.15) is 0 Å². The van der Waals surface area contributed by atoms with Crippen LogP contribution in [0.25, 0.3) is 16.7 Å². The van der Waals surface area contributed by atoms with E-state index in [-0.39, 0.29) is 46.3 Å². The van der Waals surface area contributed by atoms with Crippen molar-refractivity contribution in [3.63, 3.8) is 0 Å². The summed E-state index contributed by atoms with van der Waals surface area (Å²) in [7, 11) is -4.64. The molecule has 3 aromatic rings. The number of hydrogen-bond acceptors (Lipinski definition) is 6. The van der Waals surface area contributed by atoms with Crippen molar-refractivity contribution in [2.45, 2.75) is 11.8 Å². The van der Waals surface area contributed by atoms with Crippen molar-refractivity contribution in [3.8, 4) is 11.4 Å². The summed E-state index contributed by atoms with van der Waals surface area (Å²) in [6.07, 6.45) is 0. The summed E-state index contributed by atoms with van der Waals surface area (Å²) in [4.78, 5) is 0.681. The summed E-state index contributed by atoms with van der Waals surface area (Å²) in [5.74, 6) is -0.0487. The number of phenols is 1. The van der Waals surface area contributed by atoms with Crippen LogP contribution in [0.15, 0.2) is 41.3 Å². The fourth-order valence-corrected chi connectivity index (χ4v) is 2.64. The molecule has 3 rings (SSSR count). The smallest absolute Gasteiger partial charge is 0.744 e. The van der Waals surface area contributed by atoms with Crippen LogP contribution < -0.4 is 29.6 Å². The van der Waals surface area contributed by atoms with Gasteiger partial charge in [0.25, 0.3) is 0 Å². The third-order valence-electron chi connectivity index (χ3n) is 2.99. The molecule has 9 heteroatoms. The average Bonchev–Trinajstić information content (AvgIpc) is 2.83. The molecule has 0 unspecified atom stereocenters. The van der Waals surface area contributed by atoms with Crippen molar-refractivity contribution in [1.82, 2.24) is 15.0 Å².